The molecule has 2 heterocycles. The van der Waals surface area contributed by atoms with Crippen molar-refractivity contribution in [3.8, 4) is 11.3 Å². The van der Waals surface area contributed by atoms with Crippen molar-refractivity contribution in [1.82, 2.24) is 5.16 Å². The van der Waals surface area contributed by atoms with Gasteiger partial charge in [0.2, 0.25) is 0 Å². The van der Waals surface area contributed by atoms with Crippen molar-refractivity contribution in [3.63, 3.8) is 0 Å². The number of hydrogen-bond acceptors (Lipinski definition) is 3. The van der Waals surface area contributed by atoms with E-state index in [1.807, 2.05) is 0 Å². The zero-order valence-corrected chi connectivity index (χ0v) is 15.2. The van der Waals surface area contributed by atoms with E-state index in [1.54, 1.807) is 31.2 Å². The maximum Gasteiger partial charge on any atom is 0.264 e. The number of rotatable bonds is 2. The molecular weight excluding hydrogens is 378 g/mol. The molecular formula is C19H13Cl2FN2O2. The van der Waals surface area contributed by atoms with Crippen LogP contribution in [-0.2, 0) is 6.42 Å². The van der Waals surface area contributed by atoms with Gasteiger partial charge in [0.25, 0.3) is 5.91 Å². The van der Waals surface area contributed by atoms with Crippen LogP contribution in [0.25, 0.3) is 11.3 Å². The molecule has 0 aliphatic carbocycles. The molecule has 132 valence electrons. The fourth-order valence-corrected chi connectivity index (χ4v) is 3.79. The lowest BCUT2D eigenvalue weighted by atomic mass is 10.0. The number of carbonyl (C=O) groups excluding carboxylic acids is 1. The lowest BCUT2D eigenvalue weighted by Crippen LogP contribution is -2.29. The first-order chi connectivity index (χ1) is 12.5. The number of carbonyl (C=O) groups is 1. The minimum atomic E-state index is -0.389. The monoisotopic (exact) mass is 390 g/mol. The lowest BCUT2D eigenvalue weighted by molar-refractivity contribution is 0.0988. The van der Waals surface area contributed by atoms with Gasteiger partial charge in [-0.1, -0.05) is 40.5 Å². The molecule has 0 spiro atoms. The first-order valence-electron chi connectivity index (χ1n) is 7.98. The van der Waals surface area contributed by atoms with Crippen LogP contribution in [0.2, 0.25) is 10.0 Å². The fourth-order valence-electron chi connectivity index (χ4n) is 3.22. The molecule has 0 N–H and O–H groups in total. The third-order valence-electron chi connectivity index (χ3n) is 4.46. The molecule has 4 rings (SSSR count). The van der Waals surface area contributed by atoms with Gasteiger partial charge in [-0.2, -0.15) is 0 Å². The van der Waals surface area contributed by atoms with E-state index in [2.05, 4.69) is 5.16 Å². The lowest BCUT2D eigenvalue weighted by Gasteiger charge is -2.18. The summed E-state index contributed by atoms with van der Waals surface area (Å²) in [6.45, 7) is 2.11. The van der Waals surface area contributed by atoms with Crippen LogP contribution in [0.4, 0.5) is 10.1 Å². The van der Waals surface area contributed by atoms with Crippen LogP contribution in [-0.4, -0.2) is 17.6 Å². The van der Waals surface area contributed by atoms with E-state index in [0.29, 0.717) is 40.0 Å². The van der Waals surface area contributed by atoms with Gasteiger partial charge in [-0.3, -0.25) is 4.79 Å². The van der Waals surface area contributed by atoms with Crippen molar-refractivity contribution in [2.45, 2.75) is 13.3 Å². The molecule has 1 aliphatic heterocycles. The number of fused-ring (bicyclic) bond motifs is 1. The van der Waals surface area contributed by atoms with E-state index in [0.717, 1.165) is 5.56 Å². The highest BCUT2D eigenvalue weighted by molar-refractivity contribution is 6.39. The Balaban J connectivity index is 1.83. The Labute approximate surface area is 159 Å². The Kier molecular flexibility index (Phi) is 4.21. The number of nitrogens with zero attached hydrogens (tertiary/aromatic N) is 2. The maximum absolute atomic E-state index is 13.7. The minimum Gasteiger partial charge on any atom is -0.360 e. The van der Waals surface area contributed by atoms with Gasteiger partial charge < -0.3 is 9.42 Å². The number of aryl methyl sites for hydroxylation is 1. The molecule has 4 nitrogen and oxygen atoms in total. The Hall–Kier alpha value is -2.37. The third kappa shape index (κ3) is 2.68. The van der Waals surface area contributed by atoms with Crippen molar-refractivity contribution in [1.29, 1.82) is 0 Å². The Morgan fingerprint density at radius 3 is 2.69 bits per heavy atom. The summed E-state index contributed by atoms with van der Waals surface area (Å²) in [5.41, 5.74) is 2.48. The predicted molar refractivity (Wildman–Crippen MR) is 98.5 cm³/mol. The molecule has 1 amide bonds. The fraction of sp³-hybridized carbons (Fsp3) is 0.158. The summed E-state index contributed by atoms with van der Waals surface area (Å²) in [5.74, 6) is -0.357. The SMILES string of the molecule is Cc1onc(-c2c(Cl)cccc2Cl)c1C(=O)N1CCc2ccc(F)cc21. The minimum absolute atomic E-state index is 0.275. The molecule has 0 fully saturated rings. The van der Waals surface area contributed by atoms with Crippen molar-refractivity contribution in [3.05, 3.63) is 69.1 Å². The van der Waals surface area contributed by atoms with E-state index in [1.165, 1.54) is 17.0 Å². The smallest absolute Gasteiger partial charge is 0.264 e. The number of anilines is 1. The Morgan fingerprint density at radius 1 is 1.23 bits per heavy atom. The number of aromatic nitrogens is 1. The first kappa shape index (κ1) is 17.1. The molecule has 0 radical (unpaired) electrons. The van der Waals surface area contributed by atoms with Crippen molar-refractivity contribution >= 4 is 34.8 Å². The molecule has 7 heteroatoms. The molecule has 0 saturated heterocycles. The summed E-state index contributed by atoms with van der Waals surface area (Å²) >= 11 is 12.5. The van der Waals surface area contributed by atoms with Gasteiger partial charge in [0, 0.05) is 12.1 Å². The highest BCUT2D eigenvalue weighted by Crippen LogP contribution is 2.38. The third-order valence-corrected chi connectivity index (χ3v) is 5.09. The van der Waals surface area contributed by atoms with Gasteiger partial charge in [0.15, 0.2) is 0 Å². The summed E-state index contributed by atoms with van der Waals surface area (Å²) < 4.78 is 18.9. The van der Waals surface area contributed by atoms with E-state index in [4.69, 9.17) is 27.7 Å². The van der Waals surface area contributed by atoms with Gasteiger partial charge in [-0.05, 0) is 43.2 Å². The van der Waals surface area contributed by atoms with Gasteiger partial charge in [-0.25, -0.2) is 4.39 Å². The molecule has 3 aromatic rings. The number of benzene rings is 2. The normalized spacial score (nSPS) is 13.2. The zero-order valence-electron chi connectivity index (χ0n) is 13.7. The largest absolute Gasteiger partial charge is 0.360 e. The van der Waals surface area contributed by atoms with E-state index < -0.39 is 0 Å². The Bertz CT molecular complexity index is 1010. The highest BCUT2D eigenvalue weighted by Gasteiger charge is 2.32. The standard InChI is InChI=1S/C19H13Cl2FN2O2/c1-10-16(18(23-26-10)17-13(20)3-2-4-14(17)21)19(25)24-8-7-11-5-6-12(22)9-15(11)24/h2-6,9H,7-8H2,1H3. The van der Waals surface area contributed by atoms with E-state index in [9.17, 15) is 9.18 Å². The van der Waals surface area contributed by atoms with Gasteiger partial charge in [-0.15, -0.1) is 0 Å². The highest BCUT2D eigenvalue weighted by atomic mass is 35.5. The topological polar surface area (TPSA) is 46.3 Å². The van der Waals surface area contributed by atoms with Crippen LogP contribution in [0.5, 0.6) is 0 Å². The summed E-state index contributed by atoms with van der Waals surface area (Å²) in [7, 11) is 0. The van der Waals surface area contributed by atoms with Gasteiger partial charge in [0.1, 0.15) is 22.8 Å². The van der Waals surface area contributed by atoms with Gasteiger partial charge in [0.05, 0.1) is 15.7 Å². The quantitative estimate of drug-likeness (QED) is 0.596. The van der Waals surface area contributed by atoms with E-state index >= 15 is 0 Å². The molecule has 0 bridgehead atoms. The number of amides is 1. The first-order valence-corrected chi connectivity index (χ1v) is 8.74. The molecule has 1 aromatic heterocycles. The zero-order chi connectivity index (χ0) is 18.4. The van der Waals surface area contributed by atoms with Gasteiger partial charge >= 0.3 is 0 Å². The summed E-state index contributed by atoms with van der Waals surface area (Å²) in [4.78, 5) is 14.8. The molecule has 26 heavy (non-hydrogen) atoms. The molecule has 0 atom stereocenters. The second kappa shape index (κ2) is 6.41. The van der Waals surface area contributed by atoms with Crippen LogP contribution < -0.4 is 4.90 Å². The van der Waals surface area contributed by atoms with Crippen LogP contribution >= 0.6 is 23.2 Å². The molecule has 2 aromatic carbocycles. The summed E-state index contributed by atoms with van der Waals surface area (Å²) in [6, 6.07) is 9.51. The second-order valence-corrected chi connectivity index (χ2v) is 6.85. The average molecular weight is 391 g/mol. The van der Waals surface area contributed by atoms with Crippen LogP contribution in [0.3, 0.4) is 0 Å². The molecule has 1 aliphatic rings. The molecule has 0 unspecified atom stereocenters. The van der Waals surface area contributed by atoms with Crippen molar-refractivity contribution in [2.75, 3.05) is 11.4 Å². The van der Waals surface area contributed by atoms with Crippen LogP contribution in [0, 0.1) is 12.7 Å². The van der Waals surface area contributed by atoms with E-state index in [-0.39, 0.29) is 23.0 Å². The number of hydrogen-bond donors (Lipinski definition) is 0. The average Bonchev–Trinajstić information content (AvgIpc) is 3.18. The Morgan fingerprint density at radius 2 is 1.96 bits per heavy atom. The van der Waals surface area contributed by atoms with Crippen LogP contribution in [0.15, 0.2) is 40.9 Å². The van der Waals surface area contributed by atoms with Crippen LogP contribution in [0.1, 0.15) is 21.7 Å². The van der Waals surface area contributed by atoms with Crippen molar-refractivity contribution in [2.24, 2.45) is 0 Å². The second-order valence-electron chi connectivity index (χ2n) is 6.04. The summed E-state index contributed by atoms with van der Waals surface area (Å²) in [5, 5.41) is 4.74. The maximum atomic E-state index is 13.7. The predicted octanol–water partition coefficient (Wildman–Crippen LogP) is 5.30. The summed E-state index contributed by atoms with van der Waals surface area (Å²) in [6.07, 6.45) is 0.661. The van der Waals surface area contributed by atoms with Crippen molar-refractivity contribution < 1.29 is 13.7 Å². The molecule has 0 saturated carbocycles. The number of halogens is 3.